The van der Waals surface area contributed by atoms with Gasteiger partial charge in [0.05, 0.1) is 6.54 Å². The summed E-state index contributed by atoms with van der Waals surface area (Å²) >= 11 is 0. The van der Waals surface area contributed by atoms with Gasteiger partial charge in [-0.15, -0.1) is 24.0 Å². The minimum absolute atomic E-state index is 0. The van der Waals surface area contributed by atoms with Crippen molar-refractivity contribution in [1.29, 1.82) is 0 Å². The Hall–Kier alpha value is -1.19. The Morgan fingerprint density at radius 3 is 2.44 bits per heavy atom. The van der Waals surface area contributed by atoms with Crippen molar-refractivity contribution >= 4 is 29.9 Å². The number of benzene rings is 1. The fourth-order valence-electron chi connectivity index (χ4n) is 2.78. The maximum atomic E-state index is 12.3. The summed E-state index contributed by atoms with van der Waals surface area (Å²) in [6.07, 6.45) is 2.63. The average molecular weight is 471 g/mol. The molecule has 0 unspecified atom stereocenters. The van der Waals surface area contributed by atoms with E-state index in [0.717, 1.165) is 12.8 Å². The molecule has 25 heavy (non-hydrogen) atoms. The highest BCUT2D eigenvalue weighted by Gasteiger charge is 2.28. The normalized spacial score (nSPS) is 16.7. The molecule has 0 bridgehead atoms. The Labute approximate surface area is 163 Å². The Kier molecular flexibility index (Phi) is 9.37. The van der Waals surface area contributed by atoms with Gasteiger partial charge in [0, 0.05) is 11.6 Å². The Bertz CT molecular complexity index is 544. The van der Waals surface area contributed by atoms with Gasteiger partial charge in [0.15, 0.2) is 12.6 Å². The first-order valence-corrected chi connectivity index (χ1v) is 8.28. The quantitative estimate of drug-likeness (QED) is 0.290. The number of nitrogens with two attached hydrogens (primary N) is 1. The van der Waals surface area contributed by atoms with E-state index in [-0.39, 0.29) is 36.3 Å². The highest BCUT2D eigenvalue weighted by molar-refractivity contribution is 14.0. The second kappa shape index (κ2) is 10.7. The van der Waals surface area contributed by atoms with E-state index < -0.39 is 12.8 Å². The molecule has 2 rings (SSSR count). The first-order chi connectivity index (χ1) is 11.4. The largest absolute Gasteiger partial charge is 0.484 e. The van der Waals surface area contributed by atoms with Crippen LogP contribution in [0.3, 0.4) is 0 Å². The van der Waals surface area contributed by atoms with Crippen molar-refractivity contribution in [3.05, 3.63) is 29.8 Å². The van der Waals surface area contributed by atoms with E-state index in [4.69, 9.17) is 10.5 Å². The van der Waals surface area contributed by atoms with Gasteiger partial charge < -0.3 is 15.8 Å². The van der Waals surface area contributed by atoms with Crippen molar-refractivity contribution in [1.82, 2.24) is 5.32 Å². The number of aliphatic imine (C=N–C) groups is 1. The smallest absolute Gasteiger partial charge is 0.422 e. The zero-order valence-corrected chi connectivity index (χ0v) is 16.3. The molecule has 0 heterocycles. The molecule has 8 heteroatoms. The molecule has 0 aliphatic heterocycles. The summed E-state index contributed by atoms with van der Waals surface area (Å²) in [4.78, 5) is 4.25. The summed E-state index contributed by atoms with van der Waals surface area (Å²) in [6, 6.07) is 6.89. The lowest BCUT2D eigenvalue weighted by atomic mass is 10.1. The summed E-state index contributed by atoms with van der Waals surface area (Å²) in [6.45, 7) is -1.14. The summed E-state index contributed by atoms with van der Waals surface area (Å²) in [5.74, 6) is 0.508. The fraction of sp³-hybridized carbons (Fsp3) is 0.588. The summed E-state index contributed by atoms with van der Waals surface area (Å²) < 4.78 is 41.7. The van der Waals surface area contributed by atoms with Gasteiger partial charge in [0.1, 0.15) is 5.75 Å². The highest BCUT2D eigenvalue weighted by atomic mass is 127. The Morgan fingerprint density at radius 1 is 1.16 bits per heavy atom. The van der Waals surface area contributed by atoms with E-state index in [0.29, 0.717) is 17.6 Å². The Balaban J connectivity index is 0.00000312. The number of hydrogen-bond acceptors (Lipinski definition) is 2. The van der Waals surface area contributed by atoms with Crippen molar-refractivity contribution in [3.8, 4) is 5.75 Å². The fourth-order valence-corrected chi connectivity index (χ4v) is 2.78. The lowest BCUT2D eigenvalue weighted by Crippen LogP contribution is -2.39. The molecule has 0 aromatic heterocycles. The first kappa shape index (κ1) is 21.9. The van der Waals surface area contributed by atoms with E-state index in [2.05, 4.69) is 10.3 Å². The average Bonchev–Trinajstić information content (AvgIpc) is 2.79. The van der Waals surface area contributed by atoms with E-state index in [1.54, 1.807) is 18.2 Å². The number of nitrogens with zero attached hydrogens (tertiary/aromatic N) is 1. The molecule has 1 aliphatic rings. The van der Waals surface area contributed by atoms with Crippen LogP contribution in [0.2, 0.25) is 0 Å². The minimum atomic E-state index is -4.36. The predicted molar refractivity (Wildman–Crippen MR) is 103 cm³/mol. The standard InChI is InChI=1S/C17H24F3N3O.HI/c18-17(19,20)12-24-15-10-6-5-7-13(15)11-22-16(21)23-14-8-3-1-2-4-9-14;/h5-7,10,14H,1-4,8-9,11-12H2,(H3,21,22,23);1H. The van der Waals surface area contributed by atoms with Gasteiger partial charge in [-0.1, -0.05) is 43.9 Å². The monoisotopic (exact) mass is 471 g/mol. The third-order valence-corrected chi connectivity index (χ3v) is 3.99. The van der Waals surface area contributed by atoms with Crippen molar-refractivity contribution < 1.29 is 17.9 Å². The topological polar surface area (TPSA) is 59.6 Å². The SMILES string of the molecule is I.NC(=NCc1ccccc1OCC(F)(F)F)NC1CCCCCC1. The van der Waals surface area contributed by atoms with Crippen LogP contribution >= 0.6 is 24.0 Å². The molecule has 4 nitrogen and oxygen atoms in total. The summed E-state index contributed by atoms with van der Waals surface area (Å²) in [7, 11) is 0. The van der Waals surface area contributed by atoms with Crippen LogP contribution < -0.4 is 15.8 Å². The second-order valence-electron chi connectivity index (χ2n) is 6.05. The second-order valence-corrected chi connectivity index (χ2v) is 6.05. The van der Waals surface area contributed by atoms with Crippen molar-refractivity contribution in [2.24, 2.45) is 10.7 Å². The number of para-hydroxylation sites is 1. The van der Waals surface area contributed by atoms with Gasteiger partial charge in [-0.25, -0.2) is 4.99 Å². The molecule has 0 saturated heterocycles. The zero-order valence-electron chi connectivity index (χ0n) is 14.0. The van der Waals surface area contributed by atoms with E-state index in [1.807, 2.05) is 0 Å². The predicted octanol–water partition coefficient (Wildman–Crippen LogP) is 4.37. The first-order valence-electron chi connectivity index (χ1n) is 8.28. The number of ether oxygens (including phenoxy) is 1. The van der Waals surface area contributed by atoms with Crippen LogP contribution in [0.25, 0.3) is 0 Å². The molecule has 1 aromatic carbocycles. The number of hydrogen-bond donors (Lipinski definition) is 2. The van der Waals surface area contributed by atoms with Crippen LogP contribution in [0, 0.1) is 0 Å². The lowest BCUT2D eigenvalue weighted by molar-refractivity contribution is -0.153. The number of nitrogens with one attached hydrogen (secondary N) is 1. The number of rotatable bonds is 5. The van der Waals surface area contributed by atoms with Gasteiger partial charge in [0.25, 0.3) is 0 Å². The minimum Gasteiger partial charge on any atom is -0.484 e. The molecule has 0 radical (unpaired) electrons. The lowest BCUT2D eigenvalue weighted by Gasteiger charge is -2.17. The molecule has 1 saturated carbocycles. The maximum absolute atomic E-state index is 12.3. The van der Waals surface area contributed by atoms with Crippen LogP contribution in [0.4, 0.5) is 13.2 Å². The molecule has 1 fully saturated rings. The molecule has 3 N–H and O–H groups in total. The molecule has 1 aliphatic carbocycles. The van der Waals surface area contributed by atoms with Gasteiger partial charge >= 0.3 is 6.18 Å². The molecule has 0 atom stereocenters. The summed E-state index contributed by atoms with van der Waals surface area (Å²) in [5, 5.41) is 3.21. The third-order valence-electron chi connectivity index (χ3n) is 3.99. The molecule has 142 valence electrons. The molecule has 1 aromatic rings. The number of halogens is 4. The van der Waals surface area contributed by atoms with Gasteiger partial charge in [-0.05, 0) is 18.9 Å². The molecular formula is C17H25F3IN3O. The van der Waals surface area contributed by atoms with Gasteiger partial charge in [-0.3, -0.25) is 0 Å². The van der Waals surface area contributed by atoms with E-state index in [1.165, 1.54) is 31.7 Å². The zero-order chi connectivity index (χ0) is 17.4. The van der Waals surface area contributed by atoms with Crippen LogP contribution in [0.1, 0.15) is 44.1 Å². The van der Waals surface area contributed by atoms with Crippen molar-refractivity contribution in [2.75, 3.05) is 6.61 Å². The van der Waals surface area contributed by atoms with Crippen molar-refractivity contribution in [3.63, 3.8) is 0 Å². The molecule has 0 spiro atoms. The number of alkyl halides is 3. The van der Waals surface area contributed by atoms with Gasteiger partial charge in [-0.2, -0.15) is 13.2 Å². The molecule has 0 amide bonds. The van der Waals surface area contributed by atoms with Crippen molar-refractivity contribution in [2.45, 2.75) is 57.3 Å². The van der Waals surface area contributed by atoms with Crippen LogP contribution in [0.15, 0.2) is 29.3 Å². The van der Waals surface area contributed by atoms with Crippen LogP contribution in [-0.4, -0.2) is 24.8 Å². The Morgan fingerprint density at radius 2 is 1.80 bits per heavy atom. The van der Waals surface area contributed by atoms with E-state index >= 15 is 0 Å². The third kappa shape index (κ3) is 8.64. The maximum Gasteiger partial charge on any atom is 0.422 e. The number of guanidine groups is 1. The van der Waals surface area contributed by atoms with Crippen LogP contribution in [-0.2, 0) is 6.54 Å². The summed E-state index contributed by atoms with van der Waals surface area (Å²) in [5.41, 5.74) is 6.49. The van der Waals surface area contributed by atoms with E-state index in [9.17, 15) is 13.2 Å². The molecular weight excluding hydrogens is 446 g/mol. The van der Waals surface area contributed by atoms with Crippen LogP contribution in [0.5, 0.6) is 5.75 Å². The highest BCUT2D eigenvalue weighted by Crippen LogP contribution is 2.23. The van der Waals surface area contributed by atoms with Gasteiger partial charge in [0.2, 0.25) is 0 Å².